The van der Waals surface area contributed by atoms with Gasteiger partial charge in [-0.15, -0.1) is 0 Å². The average molecular weight is 215 g/mol. The predicted molar refractivity (Wildman–Crippen MR) is 54.0 cm³/mol. The van der Waals surface area contributed by atoms with E-state index in [1.807, 2.05) is 0 Å². The van der Waals surface area contributed by atoms with Crippen molar-refractivity contribution in [2.24, 2.45) is 0 Å². The monoisotopic (exact) mass is 214 g/mol. The normalized spacial score (nSPS) is 9.93. The van der Waals surface area contributed by atoms with Gasteiger partial charge in [-0.1, -0.05) is 17.7 Å². The molecular weight excluding hydrogens is 204 g/mol. The Kier molecular flexibility index (Phi) is 3.92. The largest absolute Gasteiger partial charge is 0.489 e. The van der Waals surface area contributed by atoms with Gasteiger partial charge in [-0.05, 0) is 19.1 Å². The van der Waals surface area contributed by atoms with Crippen LogP contribution in [0.3, 0.4) is 0 Å². The van der Waals surface area contributed by atoms with Crippen LogP contribution in [0.1, 0.15) is 17.3 Å². The molecule has 0 aliphatic rings. The van der Waals surface area contributed by atoms with E-state index in [-0.39, 0.29) is 19.0 Å². The molecule has 1 N–H and O–H groups in total. The van der Waals surface area contributed by atoms with E-state index < -0.39 is 0 Å². The number of halogens is 1. The SMILES string of the molecule is CC(=O)c1cccc(Cl)c1OCCO. The molecule has 0 fully saturated rings. The van der Waals surface area contributed by atoms with Crippen LogP contribution in [0.25, 0.3) is 0 Å². The minimum Gasteiger partial charge on any atom is -0.489 e. The Morgan fingerprint density at radius 1 is 1.57 bits per heavy atom. The summed E-state index contributed by atoms with van der Waals surface area (Å²) in [6, 6.07) is 4.96. The van der Waals surface area contributed by atoms with Crippen molar-refractivity contribution < 1.29 is 14.6 Å². The molecule has 14 heavy (non-hydrogen) atoms. The summed E-state index contributed by atoms with van der Waals surface area (Å²) >= 11 is 5.85. The van der Waals surface area contributed by atoms with Crippen molar-refractivity contribution in [2.75, 3.05) is 13.2 Å². The van der Waals surface area contributed by atoms with Crippen molar-refractivity contribution in [1.82, 2.24) is 0 Å². The van der Waals surface area contributed by atoms with E-state index in [4.69, 9.17) is 21.4 Å². The van der Waals surface area contributed by atoms with Gasteiger partial charge in [-0.2, -0.15) is 0 Å². The summed E-state index contributed by atoms with van der Waals surface area (Å²) in [5.41, 5.74) is 0.436. The van der Waals surface area contributed by atoms with E-state index in [1.54, 1.807) is 18.2 Å². The van der Waals surface area contributed by atoms with Crippen LogP contribution in [0.5, 0.6) is 5.75 Å². The molecule has 0 aliphatic carbocycles. The molecular formula is C10H11ClO3. The maximum absolute atomic E-state index is 11.2. The molecule has 1 aromatic carbocycles. The van der Waals surface area contributed by atoms with Gasteiger partial charge in [0.25, 0.3) is 0 Å². The van der Waals surface area contributed by atoms with Gasteiger partial charge in [0.2, 0.25) is 0 Å². The first-order chi connectivity index (χ1) is 6.66. The van der Waals surface area contributed by atoms with Crippen LogP contribution in [0.15, 0.2) is 18.2 Å². The Balaban J connectivity index is 3.02. The first kappa shape index (κ1) is 11.0. The van der Waals surface area contributed by atoms with Crippen molar-refractivity contribution in [3.63, 3.8) is 0 Å². The highest BCUT2D eigenvalue weighted by atomic mass is 35.5. The molecule has 0 spiro atoms. The molecule has 0 aliphatic heterocycles. The summed E-state index contributed by atoms with van der Waals surface area (Å²) in [6.07, 6.45) is 0. The van der Waals surface area contributed by atoms with Crippen LogP contribution in [-0.2, 0) is 0 Å². The lowest BCUT2D eigenvalue weighted by Crippen LogP contribution is -2.06. The van der Waals surface area contributed by atoms with Crippen LogP contribution in [0.4, 0.5) is 0 Å². The fourth-order valence-corrected chi connectivity index (χ4v) is 1.31. The number of Topliss-reactive ketones (excluding diaryl/α,β-unsaturated/α-hetero) is 1. The number of ether oxygens (including phenoxy) is 1. The third kappa shape index (κ3) is 2.47. The first-order valence-corrected chi connectivity index (χ1v) is 4.57. The number of aliphatic hydroxyl groups is 1. The molecule has 0 saturated carbocycles. The van der Waals surface area contributed by atoms with Crippen molar-refractivity contribution in [1.29, 1.82) is 0 Å². The molecule has 0 atom stereocenters. The fourth-order valence-electron chi connectivity index (χ4n) is 1.08. The zero-order valence-corrected chi connectivity index (χ0v) is 8.54. The zero-order valence-electron chi connectivity index (χ0n) is 7.79. The highest BCUT2D eigenvalue weighted by molar-refractivity contribution is 6.32. The van der Waals surface area contributed by atoms with E-state index >= 15 is 0 Å². The second-order valence-electron chi connectivity index (χ2n) is 2.74. The molecule has 1 aromatic rings. The molecule has 1 rings (SSSR count). The highest BCUT2D eigenvalue weighted by Crippen LogP contribution is 2.28. The van der Waals surface area contributed by atoms with Gasteiger partial charge in [-0.3, -0.25) is 4.79 Å². The maximum atomic E-state index is 11.2. The molecule has 0 bridgehead atoms. The second-order valence-corrected chi connectivity index (χ2v) is 3.15. The third-order valence-corrected chi connectivity index (χ3v) is 1.98. The Labute approximate surface area is 87.3 Å². The predicted octanol–water partition coefficient (Wildman–Crippen LogP) is 1.91. The quantitative estimate of drug-likeness (QED) is 0.779. The molecule has 0 unspecified atom stereocenters. The number of hydrogen-bond acceptors (Lipinski definition) is 3. The summed E-state index contributed by atoms with van der Waals surface area (Å²) in [5.74, 6) is 0.233. The van der Waals surface area contributed by atoms with Gasteiger partial charge < -0.3 is 9.84 Å². The molecule has 0 saturated heterocycles. The summed E-state index contributed by atoms with van der Waals surface area (Å²) in [4.78, 5) is 11.2. The molecule has 0 amide bonds. The van der Waals surface area contributed by atoms with Crippen LogP contribution < -0.4 is 4.74 Å². The number of hydrogen-bond donors (Lipinski definition) is 1. The Morgan fingerprint density at radius 2 is 2.29 bits per heavy atom. The Morgan fingerprint density at radius 3 is 2.86 bits per heavy atom. The van der Waals surface area contributed by atoms with E-state index in [0.717, 1.165) is 0 Å². The second kappa shape index (κ2) is 4.98. The lowest BCUT2D eigenvalue weighted by atomic mass is 10.1. The number of carbonyl (C=O) groups excluding carboxylic acids is 1. The summed E-state index contributed by atoms with van der Waals surface area (Å²) in [7, 11) is 0. The number of benzene rings is 1. The number of ketones is 1. The molecule has 0 aromatic heterocycles. The van der Waals surface area contributed by atoms with Crippen molar-refractivity contribution >= 4 is 17.4 Å². The minimum atomic E-state index is -0.111. The zero-order chi connectivity index (χ0) is 10.6. The lowest BCUT2D eigenvalue weighted by Gasteiger charge is -2.09. The molecule has 76 valence electrons. The topological polar surface area (TPSA) is 46.5 Å². The standard InChI is InChI=1S/C10H11ClO3/c1-7(13)8-3-2-4-9(11)10(8)14-6-5-12/h2-4,12H,5-6H2,1H3. The van der Waals surface area contributed by atoms with Crippen molar-refractivity contribution in [3.8, 4) is 5.75 Å². The number of aliphatic hydroxyl groups excluding tert-OH is 1. The van der Waals surface area contributed by atoms with Gasteiger partial charge in [0.05, 0.1) is 17.2 Å². The van der Waals surface area contributed by atoms with E-state index in [0.29, 0.717) is 16.3 Å². The summed E-state index contributed by atoms with van der Waals surface area (Å²) in [5, 5.41) is 8.98. The molecule has 0 radical (unpaired) electrons. The third-order valence-electron chi connectivity index (χ3n) is 1.68. The van der Waals surface area contributed by atoms with Crippen molar-refractivity contribution in [2.45, 2.75) is 6.92 Å². The average Bonchev–Trinajstić information content (AvgIpc) is 2.15. The Bertz CT molecular complexity index is 336. The maximum Gasteiger partial charge on any atom is 0.163 e. The van der Waals surface area contributed by atoms with Gasteiger partial charge in [0.15, 0.2) is 5.78 Å². The van der Waals surface area contributed by atoms with Crippen LogP contribution in [0, 0.1) is 0 Å². The number of carbonyl (C=O) groups is 1. The van der Waals surface area contributed by atoms with Gasteiger partial charge in [-0.25, -0.2) is 0 Å². The van der Waals surface area contributed by atoms with Crippen LogP contribution in [0.2, 0.25) is 5.02 Å². The summed E-state index contributed by atoms with van der Waals surface area (Å²) < 4.78 is 5.18. The first-order valence-electron chi connectivity index (χ1n) is 4.20. The fraction of sp³-hybridized carbons (Fsp3) is 0.300. The summed E-state index contributed by atoms with van der Waals surface area (Å²) in [6.45, 7) is 1.46. The molecule has 3 nitrogen and oxygen atoms in total. The van der Waals surface area contributed by atoms with Gasteiger partial charge in [0, 0.05) is 0 Å². The minimum absolute atomic E-state index is 0.109. The smallest absolute Gasteiger partial charge is 0.163 e. The van der Waals surface area contributed by atoms with Crippen molar-refractivity contribution in [3.05, 3.63) is 28.8 Å². The molecule has 4 heteroatoms. The van der Waals surface area contributed by atoms with Crippen LogP contribution >= 0.6 is 11.6 Å². The van der Waals surface area contributed by atoms with E-state index in [1.165, 1.54) is 6.92 Å². The van der Waals surface area contributed by atoms with E-state index in [2.05, 4.69) is 0 Å². The van der Waals surface area contributed by atoms with E-state index in [9.17, 15) is 4.79 Å². The number of rotatable bonds is 4. The van der Waals surface area contributed by atoms with Crippen LogP contribution in [-0.4, -0.2) is 24.1 Å². The number of para-hydroxylation sites is 1. The van der Waals surface area contributed by atoms with Gasteiger partial charge in [0.1, 0.15) is 12.4 Å². The lowest BCUT2D eigenvalue weighted by molar-refractivity contribution is 0.101. The van der Waals surface area contributed by atoms with Gasteiger partial charge >= 0.3 is 0 Å². The Hall–Kier alpha value is -1.06. The highest BCUT2D eigenvalue weighted by Gasteiger charge is 2.11. The molecule has 0 heterocycles.